The van der Waals surface area contributed by atoms with Gasteiger partial charge in [-0.25, -0.2) is 4.98 Å². The van der Waals surface area contributed by atoms with Gasteiger partial charge in [0, 0.05) is 37.6 Å². The van der Waals surface area contributed by atoms with Crippen LogP contribution in [0, 0.1) is 5.92 Å². The number of nitrogens with zero attached hydrogens (tertiary/aromatic N) is 2. The summed E-state index contributed by atoms with van der Waals surface area (Å²) in [6, 6.07) is 5.72. The van der Waals surface area contributed by atoms with Crippen LogP contribution in [-0.4, -0.2) is 40.4 Å². The van der Waals surface area contributed by atoms with Crippen molar-refractivity contribution in [2.24, 2.45) is 13.0 Å². The fraction of sp³-hybridized carbons (Fsp3) is 0.500. The minimum Gasteiger partial charge on any atom is -0.391 e. The number of halogens is 2. The highest BCUT2D eigenvalue weighted by Crippen LogP contribution is 2.19. The van der Waals surface area contributed by atoms with E-state index in [9.17, 15) is 5.11 Å². The van der Waals surface area contributed by atoms with Crippen LogP contribution in [0.3, 0.4) is 0 Å². The molecule has 2 atom stereocenters. The van der Waals surface area contributed by atoms with Gasteiger partial charge in [-0.1, -0.05) is 11.6 Å². The Labute approximate surface area is 135 Å². The van der Waals surface area contributed by atoms with Gasteiger partial charge in [0.25, 0.3) is 0 Å². The van der Waals surface area contributed by atoms with Crippen molar-refractivity contribution in [1.82, 2.24) is 20.2 Å². The van der Waals surface area contributed by atoms with Gasteiger partial charge in [-0.3, -0.25) is 0 Å². The van der Waals surface area contributed by atoms with Crippen molar-refractivity contribution in [2.45, 2.75) is 12.6 Å². The molecule has 1 aliphatic heterocycles. The van der Waals surface area contributed by atoms with E-state index in [4.69, 9.17) is 11.6 Å². The lowest BCUT2D eigenvalue weighted by Gasteiger charge is -2.13. The predicted molar refractivity (Wildman–Crippen MR) is 87.0 cm³/mol. The molecule has 3 rings (SSSR count). The minimum atomic E-state index is -0.248. The summed E-state index contributed by atoms with van der Waals surface area (Å²) in [7, 11) is 1.99. The Bertz CT molecular complexity index is 616. The average Bonchev–Trinajstić information content (AvgIpc) is 2.96. The molecule has 1 fully saturated rings. The number of aliphatic hydroxyl groups excluding tert-OH is 1. The molecule has 5 nitrogen and oxygen atoms in total. The van der Waals surface area contributed by atoms with Crippen LogP contribution in [0.25, 0.3) is 11.0 Å². The summed E-state index contributed by atoms with van der Waals surface area (Å²) in [6.45, 7) is 3.04. The zero-order chi connectivity index (χ0) is 14.1. The normalized spacial score (nSPS) is 21.7. The van der Waals surface area contributed by atoms with Crippen LogP contribution in [0.1, 0.15) is 5.82 Å². The highest BCUT2D eigenvalue weighted by molar-refractivity contribution is 6.31. The summed E-state index contributed by atoms with van der Waals surface area (Å²) < 4.78 is 2.05. The molecule has 1 aromatic heterocycles. The Kier molecular flexibility index (Phi) is 5.46. The van der Waals surface area contributed by atoms with Crippen molar-refractivity contribution >= 4 is 35.0 Å². The molecule has 0 saturated carbocycles. The number of hydrogen-bond acceptors (Lipinski definition) is 4. The maximum atomic E-state index is 9.75. The molecule has 1 aliphatic rings. The smallest absolute Gasteiger partial charge is 0.123 e. The molecule has 0 aliphatic carbocycles. The fourth-order valence-corrected chi connectivity index (χ4v) is 2.83. The maximum Gasteiger partial charge on any atom is 0.123 e. The molecular formula is C14H20Cl2N4O. The third-order valence-electron chi connectivity index (χ3n) is 3.93. The second-order valence-corrected chi connectivity index (χ2v) is 5.77. The van der Waals surface area contributed by atoms with Crippen molar-refractivity contribution in [3.05, 3.63) is 29.0 Å². The molecule has 0 spiro atoms. The predicted octanol–water partition coefficient (Wildman–Crippen LogP) is 1.32. The molecule has 21 heavy (non-hydrogen) atoms. The quantitative estimate of drug-likeness (QED) is 0.791. The number of aromatic nitrogens is 2. The van der Waals surface area contributed by atoms with Crippen LogP contribution in [0.4, 0.5) is 0 Å². The lowest BCUT2D eigenvalue weighted by atomic mass is 10.1. The molecule has 2 aromatic rings. The number of fused-ring (bicyclic) bond motifs is 1. The second kappa shape index (κ2) is 6.94. The largest absolute Gasteiger partial charge is 0.391 e. The first-order valence-electron chi connectivity index (χ1n) is 6.85. The maximum absolute atomic E-state index is 9.75. The minimum absolute atomic E-state index is 0. The first-order valence-corrected chi connectivity index (χ1v) is 7.23. The van der Waals surface area contributed by atoms with E-state index in [1.165, 1.54) is 0 Å². The lowest BCUT2D eigenvalue weighted by molar-refractivity contribution is 0.146. The number of aliphatic hydroxyl groups is 1. The van der Waals surface area contributed by atoms with E-state index in [0.29, 0.717) is 13.1 Å². The number of nitrogens with one attached hydrogen (secondary N) is 2. The Morgan fingerprint density at radius 1 is 1.48 bits per heavy atom. The highest BCUT2D eigenvalue weighted by Gasteiger charge is 2.24. The molecule has 7 heteroatoms. The van der Waals surface area contributed by atoms with E-state index < -0.39 is 0 Å². The molecule has 3 N–H and O–H groups in total. The third-order valence-corrected chi connectivity index (χ3v) is 4.16. The van der Waals surface area contributed by atoms with E-state index in [-0.39, 0.29) is 24.4 Å². The SMILES string of the molecule is Cl.Cn1c(CNCC2CNCC2O)nc2ccc(Cl)cc21. The van der Waals surface area contributed by atoms with Crippen LogP contribution < -0.4 is 10.6 Å². The number of hydrogen-bond donors (Lipinski definition) is 3. The third kappa shape index (κ3) is 3.49. The summed E-state index contributed by atoms with van der Waals surface area (Å²) >= 11 is 6.01. The van der Waals surface area contributed by atoms with Crippen molar-refractivity contribution in [3.63, 3.8) is 0 Å². The van der Waals surface area contributed by atoms with Crippen LogP contribution in [0.2, 0.25) is 5.02 Å². The zero-order valence-electron chi connectivity index (χ0n) is 11.8. The molecule has 1 aromatic carbocycles. The summed E-state index contributed by atoms with van der Waals surface area (Å²) in [4.78, 5) is 4.60. The number of rotatable bonds is 4. The van der Waals surface area contributed by atoms with Crippen molar-refractivity contribution in [3.8, 4) is 0 Å². The summed E-state index contributed by atoms with van der Waals surface area (Å²) in [5.74, 6) is 1.25. The van der Waals surface area contributed by atoms with Crippen molar-refractivity contribution in [1.29, 1.82) is 0 Å². The van der Waals surface area contributed by atoms with E-state index >= 15 is 0 Å². The second-order valence-electron chi connectivity index (χ2n) is 5.34. The van der Waals surface area contributed by atoms with E-state index in [1.807, 2.05) is 25.2 Å². The van der Waals surface area contributed by atoms with Gasteiger partial charge in [-0.2, -0.15) is 0 Å². The fourth-order valence-electron chi connectivity index (χ4n) is 2.67. The number of β-amino-alcohol motifs (C(OH)–C–C–N with tert-alkyl or cyclic N) is 1. The standard InChI is InChI=1S/C14H19ClN4O.ClH/c1-19-12-4-10(15)2-3-11(12)18-14(19)8-17-6-9-5-16-7-13(9)20;/h2-4,9,13,16-17,20H,5-8H2,1H3;1H. The monoisotopic (exact) mass is 330 g/mol. The van der Waals surface area contributed by atoms with Gasteiger partial charge < -0.3 is 20.3 Å². The lowest BCUT2D eigenvalue weighted by Crippen LogP contribution is -2.30. The summed E-state index contributed by atoms with van der Waals surface area (Å²) in [6.07, 6.45) is -0.248. The Morgan fingerprint density at radius 3 is 3.00 bits per heavy atom. The van der Waals surface area contributed by atoms with Crippen LogP contribution in [0.15, 0.2) is 18.2 Å². The average molecular weight is 331 g/mol. The number of aryl methyl sites for hydroxylation is 1. The molecule has 0 amide bonds. The zero-order valence-corrected chi connectivity index (χ0v) is 13.4. The van der Waals surface area contributed by atoms with E-state index in [0.717, 1.165) is 35.0 Å². The van der Waals surface area contributed by atoms with Gasteiger partial charge in [0.2, 0.25) is 0 Å². The van der Waals surface area contributed by atoms with E-state index in [2.05, 4.69) is 20.2 Å². The van der Waals surface area contributed by atoms with E-state index in [1.54, 1.807) is 0 Å². The molecular weight excluding hydrogens is 311 g/mol. The van der Waals surface area contributed by atoms with Gasteiger partial charge in [0.15, 0.2) is 0 Å². The van der Waals surface area contributed by atoms with Gasteiger partial charge in [-0.15, -0.1) is 12.4 Å². The van der Waals surface area contributed by atoms with Crippen LogP contribution in [-0.2, 0) is 13.6 Å². The Morgan fingerprint density at radius 2 is 2.29 bits per heavy atom. The molecule has 0 bridgehead atoms. The number of benzene rings is 1. The molecule has 116 valence electrons. The summed E-state index contributed by atoms with van der Waals surface area (Å²) in [5, 5.41) is 17.0. The molecule has 0 radical (unpaired) electrons. The van der Waals surface area contributed by atoms with Gasteiger partial charge in [0.05, 0.1) is 23.7 Å². The van der Waals surface area contributed by atoms with Crippen LogP contribution in [0.5, 0.6) is 0 Å². The van der Waals surface area contributed by atoms with Crippen LogP contribution >= 0.6 is 24.0 Å². The van der Waals surface area contributed by atoms with Gasteiger partial charge >= 0.3 is 0 Å². The summed E-state index contributed by atoms with van der Waals surface area (Å²) in [5.41, 5.74) is 1.99. The van der Waals surface area contributed by atoms with Gasteiger partial charge in [0.1, 0.15) is 5.82 Å². The first-order chi connectivity index (χ1) is 9.65. The first kappa shape index (κ1) is 16.5. The van der Waals surface area contributed by atoms with Crippen molar-refractivity contribution < 1.29 is 5.11 Å². The topological polar surface area (TPSA) is 62.1 Å². The molecule has 1 saturated heterocycles. The van der Waals surface area contributed by atoms with Crippen molar-refractivity contribution in [2.75, 3.05) is 19.6 Å². The van der Waals surface area contributed by atoms with Gasteiger partial charge in [-0.05, 0) is 18.2 Å². The Balaban J connectivity index is 0.00000161. The highest BCUT2D eigenvalue weighted by atomic mass is 35.5. The number of imidazole rings is 1. The molecule has 2 unspecified atom stereocenters. The molecule has 2 heterocycles. The Hall–Kier alpha value is -0.850.